The number of carbonyl (C=O) groups is 1. The molecule has 0 saturated heterocycles. The molecule has 4 aromatic rings. The number of allylic oxidation sites excluding steroid dienone is 1. The second kappa shape index (κ2) is 8.60. The summed E-state index contributed by atoms with van der Waals surface area (Å²) in [7, 11) is -2.08. The fraction of sp³-hybridized carbons (Fsp3) is 0.172. The molecule has 0 fully saturated rings. The number of anilines is 1. The van der Waals surface area contributed by atoms with Crippen LogP contribution in [-0.4, -0.2) is 31.0 Å². The first kappa shape index (κ1) is 23.8. The van der Waals surface area contributed by atoms with E-state index in [1.165, 1.54) is 4.31 Å². The number of nitrogens with zero attached hydrogens (tertiary/aromatic N) is 3. The number of ketones is 1. The first-order chi connectivity index (χ1) is 17.1. The van der Waals surface area contributed by atoms with Crippen LogP contribution >= 0.6 is 0 Å². The van der Waals surface area contributed by atoms with Crippen LogP contribution in [0.15, 0.2) is 71.6 Å². The minimum atomic E-state index is -3.64. The number of hydrogen-bond donors (Lipinski definition) is 0. The number of aryl methyl sites for hydroxylation is 3. The standard InChI is InChI=1S/C29H27N3O3S/c1-18-16-19(2)27(20(3)17-18)25(33)15-12-22-10-13-23(14-11-22)32-21(4)29-28(30-32)24-8-6-7-9-26(24)36(34,35)31(29)5/h6-17H,1-5H3/b15-12+. The fourth-order valence-electron chi connectivity index (χ4n) is 5.01. The van der Waals surface area contributed by atoms with Crippen molar-refractivity contribution in [3.8, 4) is 16.9 Å². The van der Waals surface area contributed by atoms with Crippen LogP contribution in [0.4, 0.5) is 5.69 Å². The summed E-state index contributed by atoms with van der Waals surface area (Å²) in [5.41, 5.74) is 8.07. The lowest BCUT2D eigenvalue weighted by molar-refractivity contribution is 0.104. The van der Waals surface area contributed by atoms with Gasteiger partial charge in [-0.2, -0.15) is 5.10 Å². The Bertz CT molecular complexity index is 1640. The van der Waals surface area contributed by atoms with E-state index in [-0.39, 0.29) is 10.7 Å². The molecule has 1 aromatic heterocycles. The SMILES string of the molecule is Cc1cc(C)c(C(=O)/C=C/c2ccc(-n3nc4c(c3C)N(C)S(=O)(=O)c3ccccc3-4)cc2)c(C)c1. The molecule has 0 bridgehead atoms. The monoisotopic (exact) mass is 497 g/mol. The summed E-state index contributed by atoms with van der Waals surface area (Å²) in [6.45, 7) is 7.81. The zero-order chi connectivity index (χ0) is 25.8. The Balaban J connectivity index is 1.47. The summed E-state index contributed by atoms with van der Waals surface area (Å²) >= 11 is 0. The van der Waals surface area contributed by atoms with Crippen molar-refractivity contribution in [1.29, 1.82) is 0 Å². The summed E-state index contributed by atoms with van der Waals surface area (Å²) in [5.74, 6) is -0.0208. The van der Waals surface area contributed by atoms with Gasteiger partial charge < -0.3 is 0 Å². The van der Waals surface area contributed by atoms with Gasteiger partial charge in [0.25, 0.3) is 10.0 Å². The van der Waals surface area contributed by atoms with E-state index in [1.54, 1.807) is 36.0 Å². The van der Waals surface area contributed by atoms with Crippen molar-refractivity contribution in [2.75, 3.05) is 11.4 Å². The third-order valence-electron chi connectivity index (χ3n) is 6.67. The summed E-state index contributed by atoms with van der Waals surface area (Å²) in [5, 5.41) is 4.79. The maximum absolute atomic E-state index is 13.1. The van der Waals surface area contributed by atoms with Gasteiger partial charge in [-0.1, -0.05) is 54.1 Å². The maximum Gasteiger partial charge on any atom is 0.264 e. The molecule has 1 aliphatic rings. The molecule has 3 aromatic carbocycles. The van der Waals surface area contributed by atoms with E-state index < -0.39 is 10.0 Å². The van der Waals surface area contributed by atoms with E-state index in [0.717, 1.165) is 39.2 Å². The molecule has 0 aliphatic carbocycles. The zero-order valence-electron chi connectivity index (χ0n) is 20.9. The highest BCUT2D eigenvalue weighted by Gasteiger charge is 2.36. The lowest BCUT2D eigenvalue weighted by Crippen LogP contribution is -2.30. The van der Waals surface area contributed by atoms with Gasteiger partial charge in [-0.15, -0.1) is 0 Å². The lowest BCUT2D eigenvalue weighted by atomic mass is 9.96. The summed E-state index contributed by atoms with van der Waals surface area (Å²) in [6.07, 6.45) is 3.41. The van der Waals surface area contributed by atoms with Gasteiger partial charge >= 0.3 is 0 Å². The molecule has 36 heavy (non-hydrogen) atoms. The van der Waals surface area contributed by atoms with Gasteiger partial charge in [0.1, 0.15) is 11.4 Å². The first-order valence-corrected chi connectivity index (χ1v) is 13.1. The van der Waals surface area contributed by atoms with E-state index in [2.05, 4.69) is 0 Å². The third kappa shape index (κ3) is 3.76. The number of benzene rings is 3. The van der Waals surface area contributed by atoms with Crippen molar-refractivity contribution < 1.29 is 13.2 Å². The van der Waals surface area contributed by atoms with E-state index in [9.17, 15) is 13.2 Å². The van der Waals surface area contributed by atoms with Crippen LogP contribution in [0.25, 0.3) is 23.0 Å². The predicted octanol–water partition coefficient (Wildman–Crippen LogP) is 5.81. The molecular weight excluding hydrogens is 470 g/mol. The van der Waals surface area contributed by atoms with Crippen LogP contribution in [0, 0.1) is 27.7 Å². The number of aromatic nitrogens is 2. The topological polar surface area (TPSA) is 72.3 Å². The number of hydrogen-bond acceptors (Lipinski definition) is 4. The first-order valence-electron chi connectivity index (χ1n) is 11.7. The van der Waals surface area contributed by atoms with Crippen LogP contribution in [0.1, 0.15) is 38.3 Å². The maximum atomic E-state index is 13.1. The van der Waals surface area contributed by atoms with E-state index >= 15 is 0 Å². The fourth-order valence-corrected chi connectivity index (χ4v) is 6.46. The number of fused-ring (bicyclic) bond motifs is 3. The minimum absolute atomic E-state index is 0.0208. The van der Waals surface area contributed by atoms with Gasteiger partial charge in [0, 0.05) is 18.2 Å². The molecule has 6 nitrogen and oxygen atoms in total. The number of sulfonamides is 1. The predicted molar refractivity (Wildman–Crippen MR) is 143 cm³/mol. The van der Waals surface area contributed by atoms with Crippen molar-refractivity contribution in [3.63, 3.8) is 0 Å². The Morgan fingerprint density at radius 1 is 0.917 bits per heavy atom. The quantitative estimate of drug-likeness (QED) is 0.264. The molecule has 0 amide bonds. The third-order valence-corrected chi connectivity index (χ3v) is 8.48. The van der Waals surface area contributed by atoms with E-state index in [0.29, 0.717) is 16.9 Å². The molecule has 0 radical (unpaired) electrons. The number of carbonyl (C=O) groups excluding carboxylic acids is 1. The van der Waals surface area contributed by atoms with Crippen LogP contribution < -0.4 is 4.31 Å². The highest BCUT2D eigenvalue weighted by Crippen LogP contribution is 2.43. The highest BCUT2D eigenvalue weighted by atomic mass is 32.2. The van der Waals surface area contributed by atoms with Crippen molar-refractivity contribution in [2.45, 2.75) is 32.6 Å². The van der Waals surface area contributed by atoms with Crippen LogP contribution in [0.3, 0.4) is 0 Å². The molecule has 0 saturated carbocycles. The molecule has 2 heterocycles. The summed E-state index contributed by atoms with van der Waals surface area (Å²) < 4.78 is 29.2. The van der Waals surface area contributed by atoms with E-state index in [1.807, 2.05) is 76.2 Å². The molecular formula is C29H27N3O3S. The Hall–Kier alpha value is -3.97. The van der Waals surface area contributed by atoms with Gasteiger partial charge in [-0.3, -0.25) is 9.10 Å². The second-order valence-electron chi connectivity index (χ2n) is 9.23. The van der Waals surface area contributed by atoms with E-state index in [4.69, 9.17) is 5.10 Å². The molecule has 0 atom stereocenters. The average Bonchev–Trinajstić information content (AvgIpc) is 3.18. The van der Waals surface area contributed by atoms with Gasteiger partial charge in [0.15, 0.2) is 5.78 Å². The van der Waals surface area contributed by atoms with Crippen LogP contribution in [0.5, 0.6) is 0 Å². The molecule has 1 aliphatic heterocycles. The summed E-state index contributed by atoms with van der Waals surface area (Å²) in [4.78, 5) is 13.1. The van der Waals surface area contributed by atoms with Crippen LogP contribution in [0.2, 0.25) is 0 Å². The molecule has 7 heteroatoms. The van der Waals surface area contributed by atoms with Crippen molar-refractivity contribution >= 4 is 27.6 Å². The average molecular weight is 498 g/mol. The molecule has 182 valence electrons. The highest BCUT2D eigenvalue weighted by molar-refractivity contribution is 7.93. The van der Waals surface area contributed by atoms with Gasteiger partial charge in [-0.25, -0.2) is 13.1 Å². The zero-order valence-corrected chi connectivity index (χ0v) is 21.7. The largest absolute Gasteiger partial charge is 0.289 e. The molecule has 0 unspecified atom stereocenters. The Labute approximate surface area is 211 Å². The molecule has 5 rings (SSSR count). The number of rotatable bonds is 4. The van der Waals surface area contributed by atoms with Crippen molar-refractivity contribution in [2.24, 2.45) is 0 Å². The lowest BCUT2D eigenvalue weighted by Gasteiger charge is -2.26. The van der Waals surface area contributed by atoms with Crippen molar-refractivity contribution in [1.82, 2.24) is 9.78 Å². The molecule has 0 N–H and O–H groups in total. The molecule has 0 spiro atoms. The Morgan fingerprint density at radius 3 is 2.22 bits per heavy atom. The van der Waals surface area contributed by atoms with Gasteiger partial charge in [-0.05, 0) is 68.7 Å². The smallest absolute Gasteiger partial charge is 0.264 e. The van der Waals surface area contributed by atoms with Crippen LogP contribution in [-0.2, 0) is 10.0 Å². The van der Waals surface area contributed by atoms with Gasteiger partial charge in [0.05, 0.1) is 16.3 Å². The van der Waals surface area contributed by atoms with Crippen molar-refractivity contribution in [3.05, 3.63) is 100 Å². The Morgan fingerprint density at radius 2 is 1.56 bits per heavy atom. The summed E-state index contributed by atoms with van der Waals surface area (Å²) in [6, 6.07) is 18.7. The van der Waals surface area contributed by atoms with Gasteiger partial charge in [0.2, 0.25) is 0 Å². The normalized spacial score (nSPS) is 14.1. The minimum Gasteiger partial charge on any atom is -0.289 e. The second-order valence-corrected chi connectivity index (χ2v) is 11.2. The Kier molecular flexibility index (Phi) is 5.68.